The van der Waals surface area contributed by atoms with Crippen molar-refractivity contribution in [2.24, 2.45) is 0 Å². The van der Waals surface area contributed by atoms with Crippen molar-refractivity contribution >= 4 is 28.7 Å². The number of aromatic nitrogens is 5. The maximum Gasteiger partial charge on any atom is 0.263 e. The lowest BCUT2D eigenvalue weighted by molar-refractivity contribution is 0.786. The van der Waals surface area contributed by atoms with Crippen molar-refractivity contribution < 1.29 is 0 Å². The van der Waals surface area contributed by atoms with Gasteiger partial charge in [0.25, 0.3) is 5.56 Å². The van der Waals surface area contributed by atoms with Crippen molar-refractivity contribution in [3.8, 4) is 0 Å². The molecule has 4 rings (SSSR count). The molecule has 0 aliphatic heterocycles. The maximum atomic E-state index is 13.1. The summed E-state index contributed by atoms with van der Waals surface area (Å²) in [6, 6.07) is 9.69. The average Bonchev–Trinajstić information content (AvgIpc) is 3.10. The van der Waals surface area contributed by atoms with Gasteiger partial charge in [-0.05, 0) is 36.8 Å². The van der Waals surface area contributed by atoms with Crippen LogP contribution in [0, 0.1) is 6.92 Å². The smallest absolute Gasteiger partial charge is 0.263 e. The topological polar surface area (TPSA) is 68.3 Å². The van der Waals surface area contributed by atoms with Gasteiger partial charge in [-0.25, -0.2) is 4.40 Å². The number of benzene rings is 1. The Hall–Kier alpha value is -3.48. The quantitative estimate of drug-likeness (QED) is 0.559. The Labute approximate surface area is 156 Å². The molecule has 0 spiro atoms. The van der Waals surface area contributed by atoms with Crippen LogP contribution >= 0.6 is 0 Å². The molecule has 3 heterocycles. The number of hydrogen-bond acceptors (Lipinski definition) is 5. The van der Waals surface area contributed by atoms with E-state index in [-0.39, 0.29) is 5.56 Å². The van der Waals surface area contributed by atoms with Crippen LogP contribution in [0.25, 0.3) is 22.8 Å². The fourth-order valence-electron chi connectivity index (χ4n) is 3.13. The predicted octanol–water partition coefficient (Wildman–Crippen LogP) is 2.53. The van der Waals surface area contributed by atoms with Gasteiger partial charge >= 0.3 is 0 Å². The molecule has 0 atom stereocenters. The number of pyridine rings is 1. The second-order valence-corrected chi connectivity index (χ2v) is 6.65. The van der Waals surface area contributed by atoms with E-state index in [0.717, 1.165) is 16.6 Å². The lowest BCUT2D eigenvalue weighted by atomic mass is 10.1. The first-order valence-electron chi connectivity index (χ1n) is 8.68. The molecule has 1 aromatic carbocycles. The van der Waals surface area contributed by atoms with Crippen LogP contribution in [0.3, 0.4) is 0 Å². The van der Waals surface area contributed by atoms with Crippen molar-refractivity contribution in [3.63, 3.8) is 0 Å². The fraction of sp³-hybridized carbons (Fsp3) is 0.200. The normalized spacial score (nSPS) is 11.7. The molecular formula is C20H20N6O. The van der Waals surface area contributed by atoms with Gasteiger partial charge in [0.15, 0.2) is 0 Å². The molecule has 7 heteroatoms. The van der Waals surface area contributed by atoms with Gasteiger partial charge in [-0.1, -0.05) is 23.8 Å². The highest BCUT2D eigenvalue weighted by atomic mass is 16.1. The molecule has 0 amide bonds. The lowest BCUT2D eigenvalue weighted by Crippen LogP contribution is -2.24. The number of anilines is 1. The number of allylic oxidation sites excluding steroid dienone is 1. The molecular weight excluding hydrogens is 340 g/mol. The zero-order valence-electron chi connectivity index (χ0n) is 15.5. The Morgan fingerprint density at radius 2 is 1.89 bits per heavy atom. The van der Waals surface area contributed by atoms with Crippen LogP contribution in [-0.2, 0) is 6.54 Å². The van der Waals surface area contributed by atoms with Crippen LogP contribution in [0.2, 0.25) is 0 Å². The molecule has 0 bridgehead atoms. The first-order chi connectivity index (χ1) is 13.1. The van der Waals surface area contributed by atoms with Crippen LogP contribution in [0.1, 0.15) is 11.1 Å². The number of nitrogens with zero attached hydrogens (tertiary/aromatic N) is 6. The Morgan fingerprint density at radius 1 is 1.11 bits per heavy atom. The minimum Gasteiger partial charge on any atom is -0.347 e. The number of hydrogen-bond donors (Lipinski definition) is 0. The SMILES string of the molecule is Cc1ccc2c(c1)c(=O)n(C/C=C/c1ccncc1)c1nnc(N(C)C)n21. The average molecular weight is 360 g/mol. The van der Waals surface area contributed by atoms with Crippen LogP contribution in [0.5, 0.6) is 0 Å². The molecule has 0 saturated carbocycles. The summed E-state index contributed by atoms with van der Waals surface area (Å²) in [6.45, 7) is 2.38. The molecule has 136 valence electrons. The standard InChI is InChI=1S/C20H20N6O/c1-14-6-7-17-16(13-14)18(27)25(12-4-5-15-8-10-21-11-9-15)20-23-22-19(24(2)3)26(17)20/h4-11,13H,12H2,1-3H3/b5-4+. The molecule has 4 aromatic rings. The van der Waals surface area contributed by atoms with Gasteiger partial charge in [0.2, 0.25) is 11.7 Å². The van der Waals surface area contributed by atoms with Crippen molar-refractivity contribution in [1.82, 2.24) is 24.1 Å². The Balaban J connectivity index is 1.92. The molecule has 0 aliphatic rings. The van der Waals surface area contributed by atoms with E-state index in [9.17, 15) is 4.79 Å². The van der Waals surface area contributed by atoms with Gasteiger partial charge in [0, 0.05) is 33.0 Å². The van der Waals surface area contributed by atoms with E-state index < -0.39 is 0 Å². The Bertz CT molecular complexity index is 1200. The number of aryl methyl sites for hydroxylation is 1. The van der Waals surface area contributed by atoms with E-state index >= 15 is 0 Å². The highest BCUT2D eigenvalue weighted by Crippen LogP contribution is 2.19. The largest absolute Gasteiger partial charge is 0.347 e. The second kappa shape index (κ2) is 6.68. The summed E-state index contributed by atoms with van der Waals surface area (Å²) < 4.78 is 3.58. The highest BCUT2D eigenvalue weighted by molar-refractivity contribution is 5.82. The summed E-state index contributed by atoms with van der Waals surface area (Å²) in [4.78, 5) is 19.0. The summed E-state index contributed by atoms with van der Waals surface area (Å²) in [5, 5.41) is 9.23. The summed E-state index contributed by atoms with van der Waals surface area (Å²) in [6.07, 6.45) is 7.39. The zero-order chi connectivity index (χ0) is 19.0. The van der Waals surface area contributed by atoms with Gasteiger partial charge in [-0.2, -0.15) is 0 Å². The minimum absolute atomic E-state index is 0.0710. The fourth-order valence-corrected chi connectivity index (χ4v) is 3.13. The zero-order valence-corrected chi connectivity index (χ0v) is 15.5. The van der Waals surface area contributed by atoms with Crippen LogP contribution in [0.4, 0.5) is 5.95 Å². The third-order valence-electron chi connectivity index (χ3n) is 4.44. The van der Waals surface area contributed by atoms with Crippen molar-refractivity contribution in [2.45, 2.75) is 13.5 Å². The van der Waals surface area contributed by atoms with E-state index in [1.807, 2.05) is 72.8 Å². The summed E-state index contributed by atoms with van der Waals surface area (Å²) in [7, 11) is 3.82. The van der Waals surface area contributed by atoms with E-state index in [1.54, 1.807) is 17.0 Å². The first-order valence-corrected chi connectivity index (χ1v) is 8.68. The maximum absolute atomic E-state index is 13.1. The molecule has 3 aromatic heterocycles. The molecule has 0 saturated heterocycles. The Morgan fingerprint density at radius 3 is 2.63 bits per heavy atom. The molecule has 0 unspecified atom stereocenters. The number of rotatable bonds is 4. The first kappa shape index (κ1) is 17.0. The summed E-state index contributed by atoms with van der Waals surface area (Å²) in [5.41, 5.74) is 2.81. The van der Waals surface area contributed by atoms with E-state index in [1.165, 1.54) is 0 Å². The molecule has 7 nitrogen and oxygen atoms in total. The van der Waals surface area contributed by atoms with Crippen molar-refractivity contribution in [2.75, 3.05) is 19.0 Å². The third-order valence-corrected chi connectivity index (χ3v) is 4.44. The number of fused-ring (bicyclic) bond motifs is 3. The van der Waals surface area contributed by atoms with Gasteiger partial charge < -0.3 is 4.90 Å². The molecule has 0 fully saturated rings. The van der Waals surface area contributed by atoms with E-state index in [2.05, 4.69) is 15.2 Å². The van der Waals surface area contributed by atoms with Gasteiger partial charge in [-0.3, -0.25) is 14.3 Å². The van der Waals surface area contributed by atoms with Crippen LogP contribution in [-0.4, -0.2) is 38.2 Å². The summed E-state index contributed by atoms with van der Waals surface area (Å²) in [5.74, 6) is 1.21. The molecule has 0 aliphatic carbocycles. The van der Waals surface area contributed by atoms with Gasteiger partial charge in [-0.15, -0.1) is 10.2 Å². The lowest BCUT2D eigenvalue weighted by Gasteiger charge is -2.13. The second-order valence-electron chi connectivity index (χ2n) is 6.65. The third kappa shape index (κ3) is 2.97. The van der Waals surface area contributed by atoms with Gasteiger partial charge in [0.05, 0.1) is 10.9 Å². The summed E-state index contributed by atoms with van der Waals surface area (Å²) >= 11 is 0. The van der Waals surface area contributed by atoms with Crippen LogP contribution in [0.15, 0.2) is 53.6 Å². The Kier molecular flexibility index (Phi) is 4.19. The van der Waals surface area contributed by atoms with Crippen molar-refractivity contribution in [3.05, 3.63) is 70.3 Å². The van der Waals surface area contributed by atoms with Crippen molar-refractivity contribution in [1.29, 1.82) is 0 Å². The van der Waals surface area contributed by atoms with E-state index in [0.29, 0.717) is 23.7 Å². The minimum atomic E-state index is -0.0710. The predicted molar refractivity (Wildman–Crippen MR) is 107 cm³/mol. The van der Waals surface area contributed by atoms with Crippen LogP contribution < -0.4 is 10.5 Å². The molecule has 27 heavy (non-hydrogen) atoms. The molecule has 0 radical (unpaired) electrons. The molecule has 0 N–H and O–H groups in total. The van der Waals surface area contributed by atoms with Gasteiger partial charge in [0.1, 0.15) is 0 Å². The highest BCUT2D eigenvalue weighted by Gasteiger charge is 2.17. The monoisotopic (exact) mass is 360 g/mol. The van der Waals surface area contributed by atoms with E-state index in [4.69, 9.17) is 0 Å².